The van der Waals surface area contributed by atoms with E-state index >= 15 is 0 Å². The van der Waals surface area contributed by atoms with E-state index in [1.54, 1.807) is 55.7 Å². The van der Waals surface area contributed by atoms with Crippen LogP contribution >= 0.6 is 34.5 Å². The predicted molar refractivity (Wildman–Crippen MR) is 196 cm³/mol. The maximum Gasteiger partial charge on any atom is 0.348 e. The molecule has 0 spiro atoms. The standard InChI is InChI=1S/C38H41Cl2N3O7S.H2O/c1-42(38(23-44,26-7-5-4-6-8-26)37(46)50-34-22-43-15-13-24(34)14-16-43)21-27-10-12-35(51-27)36(45)49-32(18-28-29(39)19-41-20-30(28)40)25-9-11-31(47-2)33(17-25)48-3;/h4-12,17,19-20,24,32,34,44H,13-16,18,21-23H2,1-3H3;1H2/t32-,34-,38?;/m0./s1. The summed E-state index contributed by atoms with van der Waals surface area (Å²) in [4.78, 5) is 36.1. The summed E-state index contributed by atoms with van der Waals surface area (Å²) in [6.45, 7) is 2.52. The van der Waals surface area contributed by atoms with Gasteiger partial charge >= 0.3 is 11.9 Å². The summed E-state index contributed by atoms with van der Waals surface area (Å²) < 4.78 is 23.3. The Morgan fingerprint density at radius 3 is 2.33 bits per heavy atom. The van der Waals surface area contributed by atoms with Crippen molar-refractivity contribution in [2.24, 2.45) is 5.92 Å². The van der Waals surface area contributed by atoms with Crippen LogP contribution in [0.1, 0.15) is 50.2 Å². The van der Waals surface area contributed by atoms with Gasteiger partial charge < -0.3 is 29.5 Å². The zero-order valence-electron chi connectivity index (χ0n) is 29.2. The molecule has 3 aliphatic heterocycles. The number of aliphatic hydroxyl groups excluding tert-OH is 1. The SMILES string of the molecule is COc1ccc([C@H](Cc2c(Cl)c[nH+]cc2Cl)OC(=O)c2ccc(CN(C)C(CO)(C(=O)O[C@H]3CN4CCC3CC4)c3ccccc3)s2)cc1OC.[OH-]. The highest BCUT2D eigenvalue weighted by atomic mass is 35.5. The summed E-state index contributed by atoms with van der Waals surface area (Å²) in [6.07, 6.45) is 4.44. The molecule has 0 aliphatic carbocycles. The van der Waals surface area contributed by atoms with Crippen LogP contribution in [0.5, 0.6) is 11.5 Å². The molecular formula is C38H43Cl2N3O8S. The molecule has 2 bridgehead atoms. The fourth-order valence-corrected chi connectivity index (χ4v) is 8.51. The van der Waals surface area contributed by atoms with Gasteiger partial charge in [-0.05, 0) is 74.3 Å². The molecule has 3 N–H and O–H groups in total. The van der Waals surface area contributed by atoms with Crippen LogP contribution in [0.3, 0.4) is 0 Å². The molecule has 14 heteroatoms. The highest BCUT2D eigenvalue weighted by Crippen LogP contribution is 2.38. The molecule has 52 heavy (non-hydrogen) atoms. The Bertz CT molecular complexity index is 1820. The van der Waals surface area contributed by atoms with Crippen LogP contribution in [0.25, 0.3) is 0 Å². The van der Waals surface area contributed by atoms with Gasteiger partial charge in [-0.1, -0.05) is 59.6 Å². The van der Waals surface area contributed by atoms with E-state index in [0.717, 1.165) is 30.8 Å². The van der Waals surface area contributed by atoms with Crippen LogP contribution in [0, 0.1) is 5.92 Å². The fourth-order valence-electron chi connectivity index (χ4n) is 7.03. The summed E-state index contributed by atoms with van der Waals surface area (Å²) in [6, 6.07) is 18.1. The van der Waals surface area contributed by atoms with Gasteiger partial charge in [0.2, 0.25) is 0 Å². The number of aliphatic hydroxyl groups is 1. The number of pyridine rings is 1. The lowest BCUT2D eigenvalue weighted by Crippen LogP contribution is -2.57. The van der Waals surface area contributed by atoms with Crippen molar-refractivity contribution in [2.45, 2.75) is 43.6 Å². The van der Waals surface area contributed by atoms with E-state index in [9.17, 15) is 14.7 Å². The predicted octanol–water partition coefficient (Wildman–Crippen LogP) is 5.81. The lowest BCUT2D eigenvalue weighted by molar-refractivity contribution is -0.377. The van der Waals surface area contributed by atoms with E-state index in [4.69, 9.17) is 42.1 Å². The summed E-state index contributed by atoms with van der Waals surface area (Å²) in [5.74, 6) is 0.306. The molecule has 0 saturated carbocycles. The molecule has 3 atom stereocenters. The minimum absolute atomic E-state index is 0. The number of H-pyrrole nitrogens is 1. The molecule has 3 fully saturated rings. The number of halogens is 2. The first-order valence-electron chi connectivity index (χ1n) is 16.8. The van der Waals surface area contributed by atoms with Crippen LogP contribution in [0.4, 0.5) is 0 Å². The first-order chi connectivity index (χ1) is 24.7. The number of esters is 2. The zero-order valence-corrected chi connectivity index (χ0v) is 31.5. The van der Waals surface area contributed by atoms with Crippen molar-refractivity contribution >= 4 is 46.5 Å². The third-order valence-electron chi connectivity index (χ3n) is 9.99. The van der Waals surface area contributed by atoms with Crippen molar-refractivity contribution in [2.75, 3.05) is 47.5 Å². The average Bonchev–Trinajstić information content (AvgIpc) is 3.62. The lowest BCUT2D eigenvalue weighted by atomic mass is 9.85. The molecule has 5 heterocycles. The Kier molecular flexibility index (Phi) is 13.2. The summed E-state index contributed by atoms with van der Waals surface area (Å²) in [5.41, 5.74) is 0.451. The third kappa shape index (κ3) is 8.23. The number of ether oxygens (including phenoxy) is 4. The Balaban J connectivity index is 0.00000523. The number of rotatable bonds is 14. The van der Waals surface area contributed by atoms with Gasteiger partial charge in [-0.15, -0.1) is 11.3 Å². The second kappa shape index (κ2) is 17.4. The number of aromatic nitrogens is 1. The molecule has 3 saturated heterocycles. The van der Waals surface area contributed by atoms with Crippen LogP contribution in [0.2, 0.25) is 10.0 Å². The maximum atomic E-state index is 14.2. The zero-order chi connectivity index (χ0) is 36.1. The first kappa shape index (κ1) is 39.5. The number of benzene rings is 2. The number of hydrogen-bond acceptors (Lipinski definition) is 11. The summed E-state index contributed by atoms with van der Waals surface area (Å²) in [5, 5.41) is 11.8. The third-order valence-corrected chi connectivity index (χ3v) is 11.7. The summed E-state index contributed by atoms with van der Waals surface area (Å²) >= 11 is 14.3. The largest absolute Gasteiger partial charge is 0.870 e. The molecule has 7 rings (SSSR count). The number of methoxy groups -OCH3 is 2. The maximum absolute atomic E-state index is 14.2. The minimum atomic E-state index is -1.46. The highest BCUT2D eigenvalue weighted by Gasteiger charge is 2.48. The molecular weight excluding hydrogens is 729 g/mol. The molecule has 4 aromatic rings. The smallest absolute Gasteiger partial charge is 0.348 e. The number of carbonyl (C=O) groups is 2. The minimum Gasteiger partial charge on any atom is -0.870 e. The van der Waals surface area contributed by atoms with Crippen LogP contribution in [0.15, 0.2) is 73.1 Å². The van der Waals surface area contributed by atoms with Crippen molar-refractivity contribution < 1.29 is 44.1 Å². The second-order valence-electron chi connectivity index (χ2n) is 12.9. The normalized spacial score (nSPS) is 19.6. The topological polar surface area (TPSA) is 142 Å². The fraction of sp³-hybridized carbons (Fsp3) is 0.395. The van der Waals surface area contributed by atoms with Gasteiger partial charge in [-0.2, -0.15) is 0 Å². The van der Waals surface area contributed by atoms with Crippen molar-refractivity contribution in [3.63, 3.8) is 0 Å². The average molecular weight is 773 g/mol. The van der Waals surface area contributed by atoms with Crippen LogP contribution in [-0.2, 0) is 32.8 Å². The molecule has 278 valence electrons. The number of fused-ring (bicyclic) bond motifs is 3. The molecule has 3 aliphatic rings. The van der Waals surface area contributed by atoms with Gasteiger partial charge in [-0.3, -0.25) is 9.80 Å². The van der Waals surface area contributed by atoms with Gasteiger partial charge in [-0.25, -0.2) is 14.6 Å². The Labute approximate surface area is 317 Å². The molecule has 2 aromatic heterocycles. The second-order valence-corrected chi connectivity index (χ2v) is 14.9. The van der Waals surface area contributed by atoms with Crippen LogP contribution < -0.4 is 14.5 Å². The van der Waals surface area contributed by atoms with E-state index in [0.29, 0.717) is 55.6 Å². The monoisotopic (exact) mass is 771 g/mol. The van der Waals surface area contributed by atoms with E-state index in [-0.39, 0.29) is 24.5 Å². The van der Waals surface area contributed by atoms with Gasteiger partial charge in [0, 0.05) is 30.0 Å². The number of piperidine rings is 3. The van der Waals surface area contributed by atoms with Crippen molar-refractivity contribution in [1.82, 2.24) is 9.80 Å². The van der Waals surface area contributed by atoms with Crippen molar-refractivity contribution in [3.05, 3.63) is 110 Å². The molecule has 0 amide bonds. The number of carbonyl (C=O) groups excluding carboxylic acids is 2. The molecule has 1 unspecified atom stereocenters. The van der Waals surface area contributed by atoms with E-state index < -0.39 is 30.2 Å². The van der Waals surface area contributed by atoms with Crippen molar-refractivity contribution in [3.8, 4) is 11.5 Å². The van der Waals surface area contributed by atoms with E-state index in [2.05, 4.69) is 9.88 Å². The lowest BCUT2D eigenvalue weighted by Gasteiger charge is -2.46. The van der Waals surface area contributed by atoms with Gasteiger partial charge in [0.15, 0.2) is 29.4 Å². The molecule has 0 radical (unpaired) electrons. The number of hydrogen-bond donors (Lipinski definition) is 1. The number of nitrogens with zero attached hydrogens (tertiary/aromatic N) is 2. The highest BCUT2D eigenvalue weighted by molar-refractivity contribution is 7.13. The first-order valence-corrected chi connectivity index (χ1v) is 18.4. The van der Waals surface area contributed by atoms with E-state index in [1.165, 1.54) is 18.4 Å². The molecule has 11 nitrogen and oxygen atoms in total. The van der Waals surface area contributed by atoms with Gasteiger partial charge in [0.05, 0.1) is 20.8 Å². The quantitative estimate of drug-likeness (QED) is 0.156. The number of thiophene rings is 1. The Morgan fingerprint density at radius 2 is 1.71 bits per heavy atom. The Hall–Kier alpha value is -3.75. The number of aromatic amines is 1. The number of likely N-dealkylation sites (N-methyl/N-ethyl adjacent to an activating group) is 1. The Morgan fingerprint density at radius 1 is 1.02 bits per heavy atom. The van der Waals surface area contributed by atoms with E-state index in [1.807, 2.05) is 36.4 Å². The van der Waals surface area contributed by atoms with Crippen molar-refractivity contribution in [1.29, 1.82) is 0 Å². The number of nitrogens with one attached hydrogen (secondary N) is 1. The van der Waals surface area contributed by atoms with Crippen LogP contribution in [-0.4, -0.2) is 85.9 Å². The van der Waals surface area contributed by atoms with Gasteiger partial charge in [0.1, 0.15) is 27.1 Å². The molecule has 2 aromatic carbocycles. The summed E-state index contributed by atoms with van der Waals surface area (Å²) in [7, 11) is 4.87. The van der Waals surface area contributed by atoms with Gasteiger partial charge in [0.25, 0.3) is 0 Å².